The molecule has 17 heavy (non-hydrogen) atoms. The Balaban J connectivity index is 2.50. The molecular formula is C11H24N2O3S. The zero-order valence-electron chi connectivity index (χ0n) is 10.6. The Bertz CT molecular complexity index is 306. The minimum Gasteiger partial charge on any atom is -0.395 e. The van der Waals surface area contributed by atoms with Crippen molar-refractivity contribution < 1.29 is 13.5 Å². The number of rotatable bonds is 6. The van der Waals surface area contributed by atoms with Crippen molar-refractivity contribution in [3.63, 3.8) is 0 Å². The third kappa shape index (κ3) is 4.91. The van der Waals surface area contributed by atoms with Crippen molar-refractivity contribution >= 4 is 10.0 Å². The van der Waals surface area contributed by atoms with E-state index in [1.165, 1.54) is 0 Å². The molecule has 0 bridgehead atoms. The molecule has 0 amide bonds. The lowest BCUT2D eigenvalue weighted by atomic mass is 10.4. The van der Waals surface area contributed by atoms with Crippen LogP contribution in [0.5, 0.6) is 0 Å². The van der Waals surface area contributed by atoms with Crippen LogP contribution in [0.4, 0.5) is 0 Å². The van der Waals surface area contributed by atoms with E-state index in [-0.39, 0.29) is 12.4 Å². The van der Waals surface area contributed by atoms with E-state index < -0.39 is 10.0 Å². The zero-order valence-corrected chi connectivity index (χ0v) is 11.5. The number of nitrogens with zero attached hydrogens (tertiary/aromatic N) is 2. The first-order valence-corrected chi connectivity index (χ1v) is 8.02. The van der Waals surface area contributed by atoms with Crippen molar-refractivity contribution in [2.24, 2.45) is 0 Å². The molecule has 1 fully saturated rings. The maximum Gasteiger partial charge on any atom is 0.214 e. The van der Waals surface area contributed by atoms with Crippen LogP contribution in [-0.4, -0.2) is 67.8 Å². The third-order valence-electron chi connectivity index (χ3n) is 3.11. The molecule has 1 aliphatic heterocycles. The maximum atomic E-state index is 12.0. The quantitative estimate of drug-likeness (QED) is 0.740. The Hall–Kier alpha value is -0.170. The zero-order chi connectivity index (χ0) is 12.7. The van der Waals surface area contributed by atoms with Crippen molar-refractivity contribution in [3.8, 4) is 0 Å². The Kier molecular flexibility index (Phi) is 6.40. The Morgan fingerprint density at radius 2 is 1.94 bits per heavy atom. The lowest BCUT2D eigenvalue weighted by molar-refractivity contribution is 0.202. The molecule has 0 saturated carbocycles. The number of hydrogen-bond acceptors (Lipinski definition) is 4. The van der Waals surface area contributed by atoms with Gasteiger partial charge in [0.15, 0.2) is 0 Å². The Morgan fingerprint density at radius 3 is 2.59 bits per heavy atom. The van der Waals surface area contributed by atoms with Crippen molar-refractivity contribution in [3.05, 3.63) is 0 Å². The van der Waals surface area contributed by atoms with E-state index in [0.29, 0.717) is 19.6 Å². The second kappa shape index (κ2) is 7.31. The average molecular weight is 264 g/mol. The van der Waals surface area contributed by atoms with Gasteiger partial charge in [0.05, 0.1) is 12.4 Å². The lowest BCUT2D eigenvalue weighted by Crippen LogP contribution is -2.37. The molecule has 1 heterocycles. The predicted octanol–water partition coefficient (Wildman–Crippen LogP) is 0.116. The highest BCUT2D eigenvalue weighted by Crippen LogP contribution is 2.10. The van der Waals surface area contributed by atoms with Crippen molar-refractivity contribution in [1.29, 1.82) is 0 Å². The average Bonchev–Trinajstić information content (AvgIpc) is 2.53. The van der Waals surface area contributed by atoms with Crippen LogP contribution in [0.25, 0.3) is 0 Å². The summed E-state index contributed by atoms with van der Waals surface area (Å²) >= 11 is 0. The topological polar surface area (TPSA) is 60.9 Å². The monoisotopic (exact) mass is 264 g/mol. The molecule has 1 rings (SSSR count). The molecule has 0 atom stereocenters. The summed E-state index contributed by atoms with van der Waals surface area (Å²) in [6.45, 7) is 5.57. The summed E-state index contributed by atoms with van der Waals surface area (Å²) in [5.41, 5.74) is 0. The van der Waals surface area contributed by atoms with Gasteiger partial charge in [0.2, 0.25) is 10.0 Å². The summed E-state index contributed by atoms with van der Waals surface area (Å²) < 4.78 is 25.7. The van der Waals surface area contributed by atoms with Gasteiger partial charge in [0.1, 0.15) is 0 Å². The van der Waals surface area contributed by atoms with Gasteiger partial charge in [0, 0.05) is 26.2 Å². The van der Waals surface area contributed by atoms with Gasteiger partial charge in [-0.1, -0.05) is 13.3 Å². The van der Waals surface area contributed by atoms with Crippen LogP contribution in [0.2, 0.25) is 0 Å². The molecule has 0 spiro atoms. The van der Waals surface area contributed by atoms with E-state index in [1.54, 1.807) is 4.31 Å². The number of sulfonamides is 1. The molecule has 0 unspecified atom stereocenters. The van der Waals surface area contributed by atoms with Gasteiger partial charge in [0.25, 0.3) is 0 Å². The number of aliphatic hydroxyl groups is 1. The maximum absolute atomic E-state index is 12.0. The van der Waals surface area contributed by atoms with Gasteiger partial charge in [-0.3, -0.25) is 4.90 Å². The third-order valence-corrected chi connectivity index (χ3v) is 5.07. The van der Waals surface area contributed by atoms with Crippen LogP contribution < -0.4 is 0 Å². The molecule has 0 aromatic heterocycles. The first-order valence-electron chi connectivity index (χ1n) is 6.41. The normalized spacial score (nSPS) is 20.4. The van der Waals surface area contributed by atoms with Gasteiger partial charge in [-0.2, -0.15) is 0 Å². The largest absolute Gasteiger partial charge is 0.395 e. The molecule has 0 radical (unpaired) electrons. The van der Waals surface area contributed by atoms with Crippen LogP contribution in [-0.2, 0) is 10.0 Å². The van der Waals surface area contributed by atoms with Gasteiger partial charge in [-0.25, -0.2) is 12.7 Å². The summed E-state index contributed by atoms with van der Waals surface area (Å²) in [4.78, 5) is 2.12. The van der Waals surface area contributed by atoms with Crippen molar-refractivity contribution in [2.45, 2.75) is 26.2 Å². The smallest absolute Gasteiger partial charge is 0.214 e. The Labute approximate surface area is 104 Å². The van der Waals surface area contributed by atoms with E-state index in [9.17, 15) is 8.42 Å². The standard InChI is InChI=1S/C11H24N2O3S/c1-2-3-11-17(15,16)13-6-4-5-12(7-8-13)9-10-14/h14H,2-11H2,1H3. The van der Waals surface area contributed by atoms with E-state index >= 15 is 0 Å². The van der Waals surface area contributed by atoms with E-state index in [1.807, 2.05) is 6.92 Å². The number of aliphatic hydroxyl groups excluding tert-OH is 1. The molecule has 1 aliphatic rings. The molecule has 0 aromatic carbocycles. The molecule has 0 aliphatic carbocycles. The summed E-state index contributed by atoms with van der Waals surface area (Å²) in [6.07, 6.45) is 2.49. The van der Waals surface area contributed by atoms with Gasteiger partial charge in [-0.05, 0) is 19.4 Å². The minimum atomic E-state index is -3.06. The fourth-order valence-electron chi connectivity index (χ4n) is 2.05. The van der Waals surface area contributed by atoms with Crippen LogP contribution in [0.1, 0.15) is 26.2 Å². The predicted molar refractivity (Wildman–Crippen MR) is 68.4 cm³/mol. The van der Waals surface area contributed by atoms with Crippen LogP contribution >= 0.6 is 0 Å². The van der Waals surface area contributed by atoms with Gasteiger partial charge >= 0.3 is 0 Å². The second-order valence-corrected chi connectivity index (χ2v) is 6.58. The highest BCUT2D eigenvalue weighted by molar-refractivity contribution is 7.89. The summed E-state index contributed by atoms with van der Waals surface area (Å²) in [5, 5.41) is 8.88. The van der Waals surface area contributed by atoms with Crippen LogP contribution in [0.3, 0.4) is 0 Å². The van der Waals surface area contributed by atoms with Crippen molar-refractivity contribution in [1.82, 2.24) is 9.21 Å². The second-order valence-electron chi connectivity index (χ2n) is 4.49. The highest BCUT2D eigenvalue weighted by atomic mass is 32.2. The molecule has 0 aromatic rings. The molecule has 6 heteroatoms. The Morgan fingerprint density at radius 1 is 1.18 bits per heavy atom. The van der Waals surface area contributed by atoms with E-state index in [0.717, 1.165) is 32.4 Å². The highest BCUT2D eigenvalue weighted by Gasteiger charge is 2.24. The number of hydrogen-bond donors (Lipinski definition) is 1. The van der Waals surface area contributed by atoms with Crippen LogP contribution in [0.15, 0.2) is 0 Å². The lowest BCUT2D eigenvalue weighted by Gasteiger charge is -2.21. The fraction of sp³-hybridized carbons (Fsp3) is 1.00. The molecular weight excluding hydrogens is 240 g/mol. The SMILES string of the molecule is CCCCS(=O)(=O)N1CCCN(CCO)CC1. The minimum absolute atomic E-state index is 0.141. The first kappa shape index (κ1) is 14.9. The summed E-state index contributed by atoms with van der Waals surface area (Å²) in [7, 11) is -3.06. The van der Waals surface area contributed by atoms with Crippen molar-refractivity contribution in [2.75, 3.05) is 45.1 Å². The molecule has 1 saturated heterocycles. The van der Waals surface area contributed by atoms with Crippen LogP contribution in [0, 0.1) is 0 Å². The number of unbranched alkanes of at least 4 members (excludes halogenated alkanes) is 1. The fourth-order valence-corrected chi connectivity index (χ4v) is 3.73. The van der Waals surface area contributed by atoms with E-state index in [2.05, 4.69) is 4.90 Å². The first-order chi connectivity index (χ1) is 8.10. The molecule has 1 N–H and O–H groups in total. The summed E-state index contributed by atoms with van der Waals surface area (Å²) in [5.74, 6) is 0.267. The summed E-state index contributed by atoms with van der Waals surface area (Å²) in [6, 6.07) is 0. The molecule has 102 valence electrons. The van der Waals surface area contributed by atoms with Gasteiger partial charge < -0.3 is 5.11 Å². The van der Waals surface area contributed by atoms with Gasteiger partial charge in [-0.15, -0.1) is 0 Å². The molecule has 5 nitrogen and oxygen atoms in total. The van der Waals surface area contributed by atoms with E-state index in [4.69, 9.17) is 5.11 Å². The number of β-amino-alcohol motifs (C(OH)–C–C–N with tert-alkyl or cyclic N) is 1.